The molecule has 0 aliphatic heterocycles. The first-order chi connectivity index (χ1) is 16.8. The molecule has 2 amide bonds. The zero-order chi connectivity index (χ0) is 24.9. The molecule has 4 rings (SSSR count). The second-order valence-corrected chi connectivity index (χ2v) is 9.96. The van der Waals surface area contributed by atoms with E-state index < -0.39 is 23.9 Å². The molecule has 0 spiro atoms. The summed E-state index contributed by atoms with van der Waals surface area (Å²) in [6.45, 7) is 4.25. The molecule has 0 saturated heterocycles. The van der Waals surface area contributed by atoms with Gasteiger partial charge in [0.05, 0.1) is 11.8 Å². The fourth-order valence-corrected chi connectivity index (χ4v) is 5.33. The lowest BCUT2D eigenvalue weighted by Crippen LogP contribution is -2.47. The Hall–Kier alpha value is -3.35. The maximum absolute atomic E-state index is 12.9. The molecule has 2 aliphatic rings. The summed E-state index contributed by atoms with van der Waals surface area (Å²) in [7, 11) is 0. The highest BCUT2D eigenvalue weighted by atomic mass is 16.5. The Morgan fingerprint density at radius 1 is 1.00 bits per heavy atom. The lowest BCUT2D eigenvalue weighted by atomic mass is 9.85. The Labute approximate surface area is 206 Å². The highest BCUT2D eigenvalue weighted by molar-refractivity contribution is 5.81. The number of carboxylic acids is 1. The van der Waals surface area contributed by atoms with Gasteiger partial charge in [-0.05, 0) is 47.4 Å². The van der Waals surface area contributed by atoms with Crippen molar-refractivity contribution in [2.24, 2.45) is 17.8 Å². The zero-order valence-corrected chi connectivity index (χ0v) is 20.3. The molecule has 186 valence electrons. The van der Waals surface area contributed by atoms with Gasteiger partial charge in [0.25, 0.3) is 0 Å². The lowest BCUT2D eigenvalue weighted by molar-refractivity contribution is -0.143. The monoisotopic (exact) mass is 478 g/mol. The maximum Gasteiger partial charge on any atom is 0.407 e. The van der Waals surface area contributed by atoms with Crippen molar-refractivity contribution in [2.45, 2.75) is 51.5 Å². The van der Waals surface area contributed by atoms with Crippen LogP contribution in [0, 0.1) is 17.8 Å². The van der Waals surface area contributed by atoms with Gasteiger partial charge in [-0.3, -0.25) is 9.59 Å². The van der Waals surface area contributed by atoms with Gasteiger partial charge in [0.1, 0.15) is 6.61 Å². The molecular weight excluding hydrogens is 444 g/mol. The van der Waals surface area contributed by atoms with Gasteiger partial charge in [0.15, 0.2) is 0 Å². The number of carbonyl (C=O) groups excluding carboxylic acids is 2. The fraction of sp³-hybridized carbons (Fsp3) is 0.464. The van der Waals surface area contributed by atoms with E-state index in [0.717, 1.165) is 24.0 Å². The van der Waals surface area contributed by atoms with E-state index in [1.165, 1.54) is 11.1 Å². The summed E-state index contributed by atoms with van der Waals surface area (Å²) < 4.78 is 5.59. The van der Waals surface area contributed by atoms with Crippen LogP contribution in [0.25, 0.3) is 11.1 Å². The number of benzene rings is 2. The molecule has 2 aromatic carbocycles. The van der Waals surface area contributed by atoms with Crippen molar-refractivity contribution in [3.63, 3.8) is 0 Å². The van der Waals surface area contributed by atoms with Crippen molar-refractivity contribution in [1.29, 1.82) is 0 Å². The van der Waals surface area contributed by atoms with Gasteiger partial charge in [-0.1, -0.05) is 68.8 Å². The summed E-state index contributed by atoms with van der Waals surface area (Å²) >= 11 is 0. The molecule has 0 aromatic heterocycles. The van der Waals surface area contributed by atoms with Gasteiger partial charge in [-0.2, -0.15) is 0 Å². The average Bonchev–Trinajstić information content (AvgIpc) is 3.16. The van der Waals surface area contributed by atoms with E-state index >= 15 is 0 Å². The molecule has 0 bridgehead atoms. The van der Waals surface area contributed by atoms with Crippen LogP contribution in [0.2, 0.25) is 0 Å². The molecular formula is C28H34N2O5. The number of rotatable bonds is 8. The van der Waals surface area contributed by atoms with Crippen LogP contribution in [-0.4, -0.2) is 42.3 Å². The van der Waals surface area contributed by atoms with E-state index in [1.807, 2.05) is 38.1 Å². The molecule has 0 radical (unpaired) electrons. The number of amides is 2. The summed E-state index contributed by atoms with van der Waals surface area (Å²) in [6.07, 6.45) is 2.12. The second-order valence-electron chi connectivity index (χ2n) is 9.96. The zero-order valence-electron chi connectivity index (χ0n) is 20.3. The molecule has 2 aliphatic carbocycles. The molecule has 3 N–H and O–H groups in total. The highest BCUT2D eigenvalue weighted by Crippen LogP contribution is 2.44. The first-order valence-electron chi connectivity index (χ1n) is 12.5. The largest absolute Gasteiger partial charge is 0.481 e. The number of aliphatic carboxylic acids is 1. The van der Waals surface area contributed by atoms with Crippen LogP contribution in [0.4, 0.5) is 4.79 Å². The number of hydrogen-bond donors (Lipinski definition) is 3. The highest BCUT2D eigenvalue weighted by Gasteiger charge is 2.32. The van der Waals surface area contributed by atoms with E-state index in [9.17, 15) is 19.5 Å². The normalized spacial score (nSPS) is 20.0. The minimum absolute atomic E-state index is 0.00254. The molecule has 1 saturated carbocycles. The van der Waals surface area contributed by atoms with E-state index in [2.05, 4.69) is 34.9 Å². The third-order valence-electron chi connectivity index (χ3n) is 7.32. The minimum Gasteiger partial charge on any atom is -0.481 e. The molecule has 1 unspecified atom stereocenters. The lowest BCUT2D eigenvalue weighted by Gasteiger charge is -2.30. The van der Waals surface area contributed by atoms with E-state index in [4.69, 9.17) is 4.74 Å². The average molecular weight is 479 g/mol. The number of carbonyl (C=O) groups is 3. The standard InChI is InChI=1S/C28H34N2O5/c1-17(2)24(26(31)30-19-9-7-8-18(14-19)27(32)33)15-29-28(34)35-16-25-22-12-5-3-10-20(22)21-11-4-6-13-23(21)25/h3-6,10-13,17-19,24-25H,7-9,14-16H2,1-2H3,(H,29,34)(H,30,31)(H,32,33)/t18-,19+,24?/m1/s1. The Bertz CT molecular complexity index is 1040. The van der Waals surface area contributed by atoms with Crippen molar-refractivity contribution >= 4 is 18.0 Å². The number of nitrogens with one attached hydrogen (secondary N) is 2. The Morgan fingerprint density at radius 2 is 1.63 bits per heavy atom. The third-order valence-corrected chi connectivity index (χ3v) is 7.32. The third kappa shape index (κ3) is 5.66. The summed E-state index contributed by atoms with van der Waals surface area (Å²) in [4.78, 5) is 36.8. The van der Waals surface area contributed by atoms with Crippen LogP contribution < -0.4 is 10.6 Å². The van der Waals surface area contributed by atoms with Crippen molar-refractivity contribution in [2.75, 3.05) is 13.2 Å². The van der Waals surface area contributed by atoms with E-state index in [0.29, 0.717) is 12.8 Å². The van der Waals surface area contributed by atoms with Crippen molar-refractivity contribution in [3.05, 3.63) is 59.7 Å². The number of alkyl carbamates (subject to hydrolysis) is 1. The first-order valence-corrected chi connectivity index (χ1v) is 12.5. The van der Waals surface area contributed by atoms with Gasteiger partial charge in [-0.25, -0.2) is 4.79 Å². The number of fused-ring (bicyclic) bond motifs is 3. The molecule has 3 atom stereocenters. The van der Waals surface area contributed by atoms with Crippen LogP contribution >= 0.6 is 0 Å². The summed E-state index contributed by atoms with van der Waals surface area (Å²) in [6, 6.07) is 16.2. The maximum atomic E-state index is 12.9. The van der Waals surface area contributed by atoms with Crippen molar-refractivity contribution < 1.29 is 24.2 Å². The molecule has 1 fully saturated rings. The molecule has 35 heavy (non-hydrogen) atoms. The first kappa shape index (κ1) is 24.8. The molecule has 0 heterocycles. The topological polar surface area (TPSA) is 105 Å². The van der Waals surface area contributed by atoms with Gasteiger partial charge in [-0.15, -0.1) is 0 Å². The second kappa shape index (κ2) is 10.9. The van der Waals surface area contributed by atoms with Crippen molar-refractivity contribution in [1.82, 2.24) is 10.6 Å². The Morgan fingerprint density at radius 3 is 2.23 bits per heavy atom. The number of carboxylic acid groups (broad SMARTS) is 1. The van der Waals surface area contributed by atoms with Gasteiger partial charge in [0, 0.05) is 18.5 Å². The summed E-state index contributed by atoms with van der Waals surface area (Å²) in [5.74, 6) is -1.82. The van der Waals surface area contributed by atoms with Gasteiger partial charge in [0.2, 0.25) is 5.91 Å². The SMILES string of the molecule is CC(C)C(CNC(=O)OCC1c2ccccc2-c2ccccc21)C(=O)N[C@H]1CCC[C@@H](C(=O)O)C1. The Balaban J connectivity index is 1.31. The van der Waals surface area contributed by atoms with E-state index in [1.54, 1.807) is 0 Å². The van der Waals surface area contributed by atoms with Crippen LogP contribution in [0.5, 0.6) is 0 Å². The summed E-state index contributed by atoms with van der Waals surface area (Å²) in [5, 5.41) is 15.1. The molecule has 7 heteroatoms. The predicted octanol–water partition coefficient (Wildman–Crippen LogP) is 4.56. The Kier molecular flexibility index (Phi) is 7.73. The van der Waals surface area contributed by atoms with Crippen LogP contribution in [0.3, 0.4) is 0 Å². The predicted molar refractivity (Wildman–Crippen MR) is 133 cm³/mol. The quantitative estimate of drug-likeness (QED) is 0.516. The molecule has 2 aromatic rings. The summed E-state index contributed by atoms with van der Waals surface area (Å²) in [5.41, 5.74) is 4.63. The molecule has 7 nitrogen and oxygen atoms in total. The number of ether oxygens (including phenoxy) is 1. The van der Waals surface area contributed by atoms with Gasteiger partial charge >= 0.3 is 12.1 Å². The van der Waals surface area contributed by atoms with Crippen LogP contribution in [0.1, 0.15) is 56.6 Å². The fourth-order valence-electron chi connectivity index (χ4n) is 5.33. The van der Waals surface area contributed by atoms with Crippen molar-refractivity contribution in [3.8, 4) is 11.1 Å². The van der Waals surface area contributed by atoms with Gasteiger partial charge < -0.3 is 20.5 Å². The minimum atomic E-state index is -0.804. The van der Waals surface area contributed by atoms with Crippen LogP contribution in [-0.2, 0) is 14.3 Å². The number of hydrogen-bond acceptors (Lipinski definition) is 4. The van der Waals surface area contributed by atoms with Crippen LogP contribution in [0.15, 0.2) is 48.5 Å². The smallest absolute Gasteiger partial charge is 0.407 e. The van der Waals surface area contributed by atoms with E-state index in [-0.39, 0.29) is 36.9 Å².